The first kappa shape index (κ1) is 27.4. The number of aliphatic hydroxyl groups is 1. The average Bonchev–Trinajstić information content (AvgIpc) is 3.81. The Bertz CT molecular complexity index is 493. The predicted octanol–water partition coefficient (Wildman–Crippen LogP) is 3.40. The van der Waals surface area contributed by atoms with E-state index in [0.717, 1.165) is 37.0 Å². The van der Waals surface area contributed by atoms with Crippen molar-refractivity contribution in [2.45, 2.75) is 140 Å². The van der Waals surface area contributed by atoms with Crippen molar-refractivity contribution in [3.63, 3.8) is 0 Å². The zero-order chi connectivity index (χ0) is 23.6. The van der Waals surface area contributed by atoms with Gasteiger partial charge in [-0.1, -0.05) is 26.7 Å². The number of hydrogen-bond donors (Lipinski definition) is 4. The molecule has 6 nitrogen and oxygen atoms in total. The molecule has 3 saturated carbocycles. The quantitative estimate of drug-likeness (QED) is 0.451. The van der Waals surface area contributed by atoms with Crippen LogP contribution in [0, 0.1) is 0 Å². The summed E-state index contributed by atoms with van der Waals surface area (Å²) in [6.45, 7) is 8.81. The van der Waals surface area contributed by atoms with Gasteiger partial charge in [0.15, 0.2) is 0 Å². The van der Waals surface area contributed by atoms with Gasteiger partial charge >= 0.3 is 7.12 Å². The summed E-state index contributed by atoms with van der Waals surface area (Å²) in [6, 6.07) is 4.16. The number of hydrogen-bond acceptors (Lipinski definition) is 6. The van der Waals surface area contributed by atoms with Gasteiger partial charge in [-0.25, -0.2) is 0 Å². The Hall–Kier alpha value is -0.175. The fourth-order valence-electron chi connectivity index (χ4n) is 5.62. The monoisotopic (exact) mass is 465 g/mol. The lowest BCUT2D eigenvalue weighted by Gasteiger charge is -2.22. The fraction of sp³-hybridized carbons (Fsp3) is 1.00. The van der Waals surface area contributed by atoms with Gasteiger partial charge in [0.25, 0.3) is 0 Å². The SMILES string of the molecule is CC[C@@H]1CCCN1.CC[C@@H]1CCCN1C1CC1.OB(O)C1CC1.OC[C@@H]1CCCN1C1CC1. The van der Waals surface area contributed by atoms with Gasteiger partial charge in [0.05, 0.1) is 6.61 Å². The van der Waals surface area contributed by atoms with E-state index >= 15 is 0 Å². The maximum Gasteiger partial charge on any atom is 0.454 e. The minimum absolute atomic E-state index is 0.213. The summed E-state index contributed by atoms with van der Waals surface area (Å²) < 4.78 is 0. The van der Waals surface area contributed by atoms with Gasteiger partial charge < -0.3 is 20.5 Å². The van der Waals surface area contributed by atoms with E-state index in [1.165, 1.54) is 96.7 Å². The molecule has 3 saturated heterocycles. The molecule has 6 fully saturated rings. The first-order valence-electron chi connectivity index (χ1n) is 14.3. The van der Waals surface area contributed by atoms with Crippen LogP contribution < -0.4 is 5.32 Å². The number of nitrogens with one attached hydrogen (secondary N) is 1. The second-order valence-electron chi connectivity index (χ2n) is 11.1. The molecule has 0 spiro atoms. The predicted molar refractivity (Wildman–Crippen MR) is 137 cm³/mol. The summed E-state index contributed by atoms with van der Waals surface area (Å²) in [6.07, 6.45) is 18.6. The summed E-state index contributed by atoms with van der Waals surface area (Å²) >= 11 is 0. The van der Waals surface area contributed by atoms with Gasteiger partial charge in [-0.3, -0.25) is 9.80 Å². The van der Waals surface area contributed by atoms with E-state index in [2.05, 4.69) is 29.0 Å². The number of likely N-dealkylation sites (tertiary alicyclic amines) is 2. The van der Waals surface area contributed by atoms with Crippen LogP contribution in [0.25, 0.3) is 0 Å². The van der Waals surface area contributed by atoms with Crippen LogP contribution in [0.15, 0.2) is 0 Å². The van der Waals surface area contributed by atoms with Crippen molar-refractivity contribution in [3.8, 4) is 0 Å². The Kier molecular flexibility index (Phi) is 12.0. The van der Waals surface area contributed by atoms with Crippen molar-refractivity contribution in [1.82, 2.24) is 15.1 Å². The molecular formula is C26H52BN3O3. The molecule has 0 bridgehead atoms. The molecule has 0 aromatic carbocycles. The normalized spacial score (nSPS) is 31.7. The van der Waals surface area contributed by atoms with Crippen molar-refractivity contribution < 1.29 is 15.2 Å². The van der Waals surface area contributed by atoms with E-state index in [9.17, 15) is 0 Å². The summed E-state index contributed by atoms with van der Waals surface area (Å²) in [7, 11) is -1.04. The van der Waals surface area contributed by atoms with E-state index in [1.807, 2.05) is 0 Å². The van der Waals surface area contributed by atoms with Crippen molar-refractivity contribution in [2.24, 2.45) is 0 Å². The van der Waals surface area contributed by atoms with Gasteiger partial charge in [0.2, 0.25) is 0 Å². The van der Waals surface area contributed by atoms with E-state index < -0.39 is 7.12 Å². The third-order valence-electron chi connectivity index (χ3n) is 8.26. The summed E-state index contributed by atoms with van der Waals surface area (Å²) in [5, 5.41) is 28.9. The lowest BCUT2D eigenvalue weighted by molar-refractivity contribution is 0.153. The highest BCUT2D eigenvalue weighted by Gasteiger charge is 2.36. The van der Waals surface area contributed by atoms with Crippen LogP contribution in [0.5, 0.6) is 0 Å². The first-order valence-corrected chi connectivity index (χ1v) is 14.3. The molecule has 3 aliphatic carbocycles. The zero-order valence-corrected chi connectivity index (χ0v) is 21.5. The van der Waals surface area contributed by atoms with Crippen LogP contribution in [-0.4, -0.2) is 88.5 Å². The highest BCUT2D eigenvalue weighted by molar-refractivity contribution is 6.44. The van der Waals surface area contributed by atoms with Crippen molar-refractivity contribution in [3.05, 3.63) is 0 Å². The molecule has 4 N–H and O–H groups in total. The second kappa shape index (κ2) is 14.4. The van der Waals surface area contributed by atoms with Gasteiger partial charge in [-0.2, -0.15) is 0 Å². The summed E-state index contributed by atoms with van der Waals surface area (Å²) in [4.78, 5) is 5.22. The van der Waals surface area contributed by atoms with Gasteiger partial charge in [-0.05, 0) is 103 Å². The lowest BCUT2D eigenvalue weighted by atomic mass is 9.84. The maximum absolute atomic E-state index is 8.97. The summed E-state index contributed by atoms with van der Waals surface area (Å²) in [5.41, 5.74) is 0. The molecule has 3 aliphatic heterocycles. The Balaban J connectivity index is 0.000000127. The lowest BCUT2D eigenvalue weighted by Crippen LogP contribution is -2.33. The molecule has 0 amide bonds. The third kappa shape index (κ3) is 9.77. The number of nitrogens with zero attached hydrogens (tertiary/aromatic N) is 2. The standard InChI is InChI=1S/C9H17N.C8H15NO.C6H13N.C3H7BO2/c1-2-8-4-3-7-10(8)9-5-6-9;10-6-8-2-1-5-9(8)7-3-4-7;1-2-6-4-3-5-7-6;5-4(6)3-1-2-3/h8-9H,2-7H2,1H3;7-8,10H,1-6H2;6-7H,2-5H2,1H3;3,5-6H,1-2H2/t2*8-;6-;/m101./s1. The van der Waals surface area contributed by atoms with Crippen LogP contribution >= 0.6 is 0 Å². The summed E-state index contributed by atoms with van der Waals surface area (Å²) in [5.74, 6) is 0.213. The minimum Gasteiger partial charge on any atom is -0.427 e. The highest BCUT2D eigenvalue weighted by atomic mass is 16.4. The molecule has 0 unspecified atom stereocenters. The van der Waals surface area contributed by atoms with Crippen LogP contribution in [0.2, 0.25) is 5.82 Å². The largest absolute Gasteiger partial charge is 0.454 e. The van der Waals surface area contributed by atoms with Crippen LogP contribution in [0.3, 0.4) is 0 Å². The first-order chi connectivity index (χ1) is 16.1. The van der Waals surface area contributed by atoms with Crippen LogP contribution in [-0.2, 0) is 0 Å². The molecule has 0 aromatic rings. The molecule has 6 rings (SSSR count). The molecule has 33 heavy (non-hydrogen) atoms. The molecule has 0 aromatic heterocycles. The third-order valence-corrected chi connectivity index (χ3v) is 8.26. The van der Waals surface area contributed by atoms with E-state index in [4.69, 9.17) is 15.2 Å². The van der Waals surface area contributed by atoms with Crippen molar-refractivity contribution in [2.75, 3.05) is 26.2 Å². The average molecular weight is 466 g/mol. The topological polar surface area (TPSA) is 79.2 Å². The Morgan fingerprint density at radius 3 is 1.64 bits per heavy atom. The number of aliphatic hydroxyl groups excluding tert-OH is 1. The number of rotatable bonds is 6. The Labute approximate surface area is 203 Å². The van der Waals surface area contributed by atoms with Gasteiger partial charge in [-0.15, -0.1) is 0 Å². The van der Waals surface area contributed by atoms with Gasteiger partial charge in [0, 0.05) is 30.2 Å². The van der Waals surface area contributed by atoms with E-state index in [0.29, 0.717) is 12.6 Å². The van der Waals surface area contributed by atoms with E-state index in [1.54, 1.807) is 0 Å². The second-order valence-corrected chi connectivity index (χ2v) is 11.1. The smallest absolute Gasteiger partial charge is 0.427 e. The van der Waals surface area contributed by atoms with E-state index in [-0.39, 0.29) is 5.82 Å². The molecule has 6 aliphatic rings. The molecular weight excluding hydrogens is 413 g/mol. The highest BCUT2D eigenvalue weighted by Crippen LogP contribution is 2.37. The Morgan fingerprint density at radius 1 is 0.727 bits per heavy atom. The van der Waals surface area contributed by atoms with Crippen LogP contribution in [0.1, 0.15) is 104 Å². The molecule has 192 valence electrons. The Morgan fingerprint density at radius 2 is 1.30 bits per heavy atom. The molecule has 3 atom stereocenters. The molecule has 3 heterocycles. The van der Waals surface area contributed by atoms with Gasteiger partial charge in [0.1, 0.15) is 0 Å². The minimum atomic E-state index is -1.04. The molecule has 0 radical (unpaired) electrons. The van der Waals surface area contributed by atoms with Crippen molar-refractivity contribution in [1.29, 1.82) is 0 Å². The van der Waals surface area contributed by atoms with Crippen molar-refractivity contribution >= 4 is 7.12 Å². The van der Waals surface area contributed by atoms with Crippen LogP contribution in [0.4, 0.5) is 0 Å². The fourth-order valence-corrected chi connectivity index (χ4v) is 5.62. The zero-order valence-electron chi connectivity index (χ0n) is 21.5. The maximum atomic E-state index is 8.97. The molecule has 7 heteroatoms.